The molecule has 4 aromatic rings. The first-order valence-corrected chi connectivity index (χ1v) is 20.6. The number of benzene rings is 4. The van der Waals surface area contributed by atoms with E-state index in [0.717, 1.165) is 19.0 Å². The Kier molecular flexibility index (Phi) is 26.5. The molecule has 23 heteroatoms. The van der Waals surface area contributed by atoms with E-state index in [9.17, 15) is 45.5 Å². The quantitative estimate of drug-likeness (QED) is 0.0761. The van der Waals surface area contributed by atoms with Crippen molar-refractivity contribution in [3.63, 3.8) is 0 Å². The number of likely N-dealkylation sites (N-methyl/N-ethyl adjacent to an activating group) is 4. The van der Waals surface area contributed by atoms with E-state index < -0.39 is 53.3 Å². The predicted molar refractivity (Wildman–Crippen MR) is 262 cm³/mol. The number of carbonyl (C=O) groups excluding carboxylic acids is 4. The van der Waals surface area contributed by atoms with E-state index in [4.69, 9.17) is 62.7 Å². The number of alkyl halides is 6. The summed E-state index contributed by atoms with van der Waals surface area (Å²) in [6.45, 7) is 6.57. The van der Waals surface area contributed by atoms with Crippen LogP contribution in [0.15, 0.2) is 122 Å². The molecule has 0 aromatic heterocycles. The summed E-state index contributed by atoms with van der Waals surface area (Å²) in [6.07, 6.45) is -7.60. The van der Waals surface area contributed by atoms with Gasteiger partial charge in [0.25, 0.3) is 0 Å². The number of nitrogens with zero attached hydrogens (tertiary/aromatic N) is 3. The van der Waals surface area contributed by atoms with Crippen LogP contribution in [0.5, 0.6) is 11.5 Å². The molecule has 0 fully saturated rings. The summed E-state index contributed by atoms with van der Waals surface area (Å²) in [5.41, 5.74) is -2.31. The van der Waals surface area contributed by atoms with E-state index in [-0.39, 0.29) is 67.2 Å². The van der Waals surface area contributed by atoms with E-state index in [1.54, 1.807) is 85.9 Å². The van der Waals surface area contributed by atoms with Crippen LogP contribution in [0.4, 0.5) is 35.9 Å². The summed E-state index contributed by atoms with van der Waals surface area (Å²) >= 11 is 29.0. The minimum atomic E-state index is -5.09. The molecule has 0 unspecified atom stereocenters. The second-order valence-electron chi connectivity index (χ2n) is 13.8. The van der Waals surface area contributed by atoms with Crippen LogP contribution in [-0.4, -0.2) is 91.7 Å². The standard InChI is InChI=1S/C22H21Cl2F3N2O3.C15H17Cl2F3N2O.C7H5ClO2.2H2S/c1-4-12-21(14-28(2)19(30)22(25,26)27,15-10-11-17(23)18(24)13-15)29(3)20(31)32-16-8-6-5-7-9-16;1-4-7-14(21-2,9-22(3)13(23)15(18,19)20)10-5-6-11(16)12(17)8-10;8-7(9)10-6-4-2-1-3-5-6;;/h4-11,13H,1,12,14H2,2-3H3;4-6,8,21H,1,7,9H2,2-3H3;1-5H;2*1H2/t21-;14-;;;/m11.../s1. The third-order valence-corrected chi connectivity index (χ3v) is 10.9. The summed E-state index contributed by atoms with van der Waals surface area (Å²) in [5, 5.41) is 3.94. The number of para-hydroxylation sites is 2. The van der Waals surface area contributed by atoms with Gasteiger partial charge in [-0.15, -0.1) is 13.2 Å². The topological polar surface area (TPSA) is 108 Å². The first-order valence-electron chi connectivity index (χ1n) is 18.7. The lowest BCUT2D eigenvalue weighted by Gasteiger charge is -2.43. The summed E-state index contributed by atoms with van der Waals surface area (Å²) in [5.74, 6) is -3.27. The van der Waals surface area contributed by atoms with Crippen molar-refractivity contribution in [2.24, 2.45) is 0 Å². The normalized spacial score (nSPS) is 12.5. The molecule has 0 bridgehead atoms. The molecular formula is C44H47Cl5F6N4O6S2. The summed E-state index contributed by atoms with van der Waals surface area (Å²) in [4.78, 5) is 48.7. The average Bonchev–Trinajstić information content (AvgIpc) is 3.24. The molecule has 4 aromatic carbocycles. The number of rotatable bonds is 14. The summed E-state index contributed by atoms with van der Waals surface area (Å²) in [7, 11) is 5.06. The molecule has 3 amide bonds. The molecule has 0 heterocycles. The van der Waals surface area contributed by atoms with Crippen LogP contribution in [-0.2, 0) is 20.7 Å². The maximum atomic E-state index is 13.1. The van der Waals surface area contributed by atoms with Crippen LogP contribution in [0.1, 0.15) is 24.0 Å². The van der Waals surface area contributed by atoms with E-state index in [1.165, 1.54) is 31.3 Å². The highest BCUT2D eigenvalue weighted by Crippen LogP contribution is 2.38. The number of hydrogen-bond acceptors (Lipinski definition) is 7. The van der Waals surface area contributed by atoms with Crippen molar-refractivity contribution in [1.29, 1.82) is 0 Å². The van der Waals surface area contributed by atoms with E-state index in [2.05, 4.69) is 23.2 Å². The Labute approximate surface area is 423 Å². The molecule has 368 valence electrons. The van der Waals surface area contributed by atoms with Crippen LogP contribution in [0.2, 0.25) is 20.1 Å². The minimum absolute atomic E-state index is 0. The average molecular weight is 1080 g/mol. The van der Waals surface area contributed by atoms with Gasteiger partial charge in [-0.3, -0.25) is 14.5 Å². The lowest BCUT2D eigenvalue weighted by Crippen LogP contribution is -2.56. The van der Waals surface area contributed by atoms with Gasteiger partial charge in [0.05, 0.1) is 31.2 Å². The van der Waals surface area contributed by atoms with Gasteiger partial charge in [-0.05, 0) is 79.5 Å². The van der Waals surface area contributed by atoms with Crippen molar-refractivity contribution < 1.29 is 55.0 Å². The lowest BCUT2D eigenvalue weighted by molar-refractivity contribution is -0.185. The highest BCUT2D eigenvalue weighted by molar-refractivity contribution is 7.59. The fourth-order valence-electron chi connectivity index (χ4n) is 6.16. The molecule has 2 atom stereocenters. The van der Waals surface area contributed by atoms with Crippen molar-refractivity contribution in [3.8, 4) is 11.5 Å². The number of ether oxygens (including phenoxy) is 2. The van der Waals surface area contributed by atoms with Gasteiger partial charge < -0.3 is 24.6 Å². The molecular weight excluding hydrogens is 1040 g/mol. The Morgan fingerprint density at radius 3 is 1.40 bits per heavy atom. The van der Waals surface area contributed by atoms with Crippen LogP contribution in [0.3, 0.4) is 0 Å². The van der Waals surface area contributed by atoms with Crippen molar-refractivity contribution in [1.82, 2.24) is 20.0 Å². The van der Waals surface area contributed by atoms with Gasteiger partial charge >= 0.3 is 35.7 Å². The number of carbonyl (C=O) groups is 4. The Bertz CT molecular complexity index is 2270. The zero-order valence-corrected chi connectivity index (χ0v) is 41.9. The maximum Gasteiger partial charge on any atom is 0.471 e. The van der Waals surface area contributed by atoms with Crippen molar-refractivity contribution in [2.45, 2.75) is 36.3 Å². The summed E-state index contributed by atoms with van der Waals surface area (Å²) in [6, 6.07) is 26.0. The van der Waals surface area contributed by atoms with Crippen molar-refractivity contribution >= 4 is 108 Å². The van der Waals surface area contributed by atoms with Crippen LogP contribution >= 0.6 is 85.0 Å². The predicted octanol–water partition coefficient (Wildman–Crippen LogP) is 12.6. The fraction of sp³-hybridized carbons (Fsp3) is 0.273. The molecule has 0 aliphatic heterocycles. The first kappa shape index (κ1) is 62.7. The third kappa shape index (κ3) is 18.6. The van der Waals surface area contributed by atoms with Gasteiger partial charge in [-0.2, -0.15) is 53.3 Å². The maximum absolute atomic E-state index is 13.1. The van der Waals surface area contributed by atoms with Gasteiger partial charge in [0.15, 0.2) is 0 Å². The van der Waals surface area contributed by atoms with Crippen LogP contribution < -0.4 is 14.8 Å². The molecule has 0 spiro atoms. The number of halogens is 11. The van der Waals surface area contributed by atoms with Gasteiger partial charge in [0.1, 0.15) is 11.5 Å². The lowest BCUT2D eigenvalue weighted by atomic mass is 9.84. The molecule has 10 nitrogen and oxygen atoms in total. The highest BCUT2D eigenvalue weighted by Gasteiger charge is 2.47. The molecule has 0 saturated heterocycles. The first-order chi connectivity index (χ1) is 30.3. The van der Waals surface area contributed by atoms with Crippen molar-refractivity contribution in [3.05, 3.63) is 154 Å². The van der Waals surface area contributed by atoms with E-state index >= 15 is 0 Å². The number of nitrogens with one attached hydrogen (secondary N) is 1. The molecule has 0 aliphatic rings. The van der Waals surface area contributed by atoms with Crippen LogP contribution in [0.25, 0.3) is 0 Å². The van der Waals surface area contributed by atoms with Gasteiger partial charge in [-0.25, -0.2) is 9.59 Å². The Balaban J connectivity index is 0.00000108. The molecule has 0 saturated carbocycles. The fourth-order valence-corrected chi connectivity index (χ4v) is 6.85. The van der Waals surface area contributed by atoms with E-state index in [0.29, 0.717) is 31.7 Å². The van der Waals surface area contributed by atoms with Crippen molar-refractivity contribution in [2.75, 3.05) is 41.3 Å². The smallest absolute Gasteiger partial charge is 0.415 e. The largest absolute Gasteiger partial charge is 0.471 e. The molecule has 0 radical (unpaired) electrons. The van der Waals surface area contributed by atoms with E-state index in [1.807, 2.05) is 6.07 Å². The second kappa shape index (κ2) is 28.3. The Morgan fingerprint density at radius 1 is 0.612 bits per heavy atom. The molecule has 4 rings (SSSR count). The summed E-state index contributed by atoms with van der Waals surface area (Å²) < 4.78 is 87.0. The Hall–Kier alpha value is -4.27. The molecule has 1 N–H and O–H groups in total. The SMILES string of the molecule is C=CC[C@@](CN(C)C(=O)C(F)(F)F)(c1ccc(Cl)c(Cl)c1)N(C)C(=O)Oc1ccccc1.C=CC[C@](CN(C)C(=O)C(F)(F)F)(NC)c1ccc(Cl)c(Cl)c1.O=C(Cl)Oc1ccccc1.S.S. The molecule has 0 aliphatic carbocycles. The van der Waals surface area contributed by atoms with Gasteiger partial charge in [0, 0.05) is 45.8 Å². The van der Waals surface area contributed by atoms with Gasteiger partial charge in [-0.1, -0.05) is 107 Å². The zero-order chi connectivity index (χ0) is 49.3. The monoisotopic (exact) mass is 1080 g/mol. The highest BCUT2D eigenvalue weighted by atomic mass is 35.5. The van der Waals surface area contributed by atoms with Gasteiger partial charge in [0.2, 0.25) is 0 Å². The van der Waals surface area contributed by atoms with Crippen LogP contribution in [0, 0.1) is 0 Å². The Morgan fingerprint density at radius 2 is 1.01 bits per heavy atom. The second-order valence-corrected chi connectivity index (χ2v) is 15.8. The molecule has 67 heavy (non-hydrogen) atoms. The zero-order valence-electron chi connectivity index (χ0n) is 36.1. The minimum Gasteiger partial charge on any atom is -0.415 e. The number of amides is 3. The number of hydrogen-bond donors (Lipinski definition) is 1. The third-order valence-electron chi connectivity index (χ3n) is 9.37.